The largest absolute Gasteiger partial charge is 0.486 e. The molecule has 4 heteroatoms. The van der Waals surface area contributed by atoms with Crippen molar-refractivity contribution in [3.8, 4) is 11.5 Å². The first-order valence-electron chi connectivity index (χ1n) is 7.08. The highest BCUT2D eigenvalue weighted by Gasteiger charge is 2.17. The van der Waals surface area contributed by atoms with Crippen LogP contribution >= 0.6 is 15.9 Å². The predicted octanol–water partition coefficient (Wildman–Crippen LogP) is 3.72. The average Bonchev–Trinajstić information content (AvgIpc) is 2.54. The summed E-state index contributed by atoms with van der Waals surface area (Å²) in [4.78, 5) is 0. The summed E-state index contributed by atoms with van der Waals surface area (Å²) in [5.74, 6) is 1.67. The molecule has 0 saturated carbocycles. The summed E-state index contributed by atoms with van der Waals surface area (Å²) < 4.78 is 12.4. The Hall–Kier alpha value is -1.52. The molecule has 21 heavy (non-hydrogen) atoms. The van der Waals surface area contributed by atoms with E-state index in [1.54, 1.807) is 0 Å². The van der Waals surface area contributed by atoms with Gasteiger partial charge in [-0.2, -0.15) is 0 Å². The van der Waals surface area contributed by atoms with Crippen molar-refractivity contribution in [1.82, 2.24) is 5.32 Å². The minimum absolute atomic E-state index is 0.236. The standard InChI is InChI=1S/C17H18BrNO2/c1-19-15(10-12-4-2-3-5-14(12)18)13-6-7-16-17(11-13)21-9-8-20-16/h2-7,11,15,19H,8-10H2,1H3. The Balaban J connectivity index is 1.85. The number of ether oxygens (including phenoxy) is 2. The van der Waals surface area contributed by atoms with Crippen LogP contribution in [-0.2, 0) is 6.42 Å². The number of likely N-dealkylation sites (N-methyl/N-ethyl adjacent to an activating group) is 1. The molecule has 1 aliphatic heterocycles. The quantitative estimate of drug-likeness (QED) is 0.914. The maximum Gasteiger partial charge on any atom is 0.161 e. The smallest absolute Gasteiger partial charge is 0.161 e. The number of fused-ring (bicyclic) bond motifs is 1. The van der Waals surface area contributed by atoms with Crippen molar-refractivity contribution >= 4 is 15.9 Å². The molecule has 2 aromatic carbocycles. The zero-order valence-corrected chi connectivity index (χ0v) is 13.5. The van der Waals surface area contributed by atoms with E-state index in [1.807, 2.05) is 19.2 Å². The average molecular weight is 348 g/mol. The van der Waals surface area contributed by atoms with Gasteiger partial charge in [-0.15, -0.1) is 0 Å². The van der Waals surface area contributed by atoms with E-state index in [9.17, 15) is 0 Å². The summed E-state index contributed by atoms with van der Waals surface area (Å²) in [7, 11) is 1.98. The molecule has 0 fully saturated rings. The third-order valence-corrected chi connectivity index (χ3v) is 4.47. The van der Waals surface area contributed by atoms with Crippen LogP contribution in [0.2, 0.25) is 0 Å². The molecule has 110 valence electrons. The van der Waals surface area contributed by atoms with Crippen molar-refractivity contribution in [2.24, 2.45) is 0 Å². The van der Waals surface area contributed by atoms with E-state index in [1.165, 1.54) is 11.1 Å². The summed E-state index contributed by atoms with van der Waals surface area (Å²) in [6.45, 7) is 1.24. The topological polar surface area (TPSA) is 30.5 Å². The molecule has 1 N–H and O–H groups in total. The molecule has 1 aliphatic rings. The maximum atomic E-state index is 5.67. The van der Waals surface area contributed by atoms with Gasteiger partial charge in [-0.05, 0) is 42.8 Å². The van der Waals surface area contributed by atoms with Gasteiger partial charge in [0.2, 0.25) is 0 Å². The first-order valence-corrected chi connectivity index (χ1v) is 7.87. The van der Waals surface area contributed by atoms with Gasteiger partial charge in [0.15, 0.2) is 11.5 Å². The van der Waals surface area contributed by atoms with Crippen LogP contribution in [0.4, 0.5) is 0 Å². The van der Waals surface area contributed by atoms with Gasteiger partial charge >= 0.3 is 0 Å². The van der Waals surface area contributed by atoms with Crippen LogP contribution in [0.5, 0.6) is 11.5 Å². The Bertz CT molecular complexity index is 630. The molecule has 0 saturated heterocycles. The number of rotatable bonds is 4. The van der Waals surface area contributed by atoms with Gasteiger partial charge in [-0.1, -0.05) is 40.2 Å². The molecule has 0 aromatic heterocycles. The van der Waals surface area contributed by atoms with Gasteiger partial charge in [-0.3, -0.25) is 0 Å². The minimum Gasteiger partial charge on any atom is -0.486 e. The fourth-order valence-electron chi connectivity index (χ4n) is 2.55. The van der Waals surface area contributed by atoms with E-state index >= 15 is 0 Å². The van der Waals surface area contributed by atoms with E-state index in [0.29, 0.717) is 13.2 Å². The molecule has 1 atom stereocenters. The molecule has 2 aromatic rings. The molecule has 3 rings (SSSR count). The first kappa shape index (κ1) is 14.4. The number of hydrogen-bond donors (Lipinski definition) is 1. The van der Waals surface area contributed by atoms with Crippen LogP contribution in [0.3, 0.4) is 0 Å². The molecular weight excluding hydrogens is 330 g/mol. The fourth-order valence-corrected chi connectivity index (χ4v) is 2.99. The highest BCUT2D eigenvalue weighted by Crippen LogP contribution is 2.33. The first-order chi connectivity index (χ1) is 10.3. The second kappa shape index (κ2) is 6.50. The Labute approximate surface area is 133 Å². The van der Waals surface area contributed by atoms with Crippen LogP contribution in [-0.4, -0.2) is 20.3 Å². The predicted molar refractivity (Wildman–Crippen MR) is 87.1 cm³/mol. The highest BCUT2D eigenvalue weighted by atomic mass is 79.9. The van der Waals surface area contributed by atoms with Gasteiger partial charge in [0.25, 0.3) is 0 Å². The van der Waals surface area contributed by atoms with Crippen molar-refractivity contribution < 1.29 is 9.47 Å². The molecule has 0 radical (unpaired) electrons. The molecule has 0 bridgehead atoms. The van der Waals surface area contributed by atoms with Gasteiger partial charge in [0, 0.05) is 10.5 Å². The Morgan fingerprint density at radius 1 is 1.10 bits per heavy atom. The van der Waals surface area contributed by atoms with Gasteiger partial charge < -0.3 is 14.8 Å². The molecule has 1 unspecified atom stereocenters. The molecule has 0 amide bonds. The molecule has 0 aliphatic carbocycles. The van der Waals surface area contributed by atoms with Gasteiger partial charge in [-0.25, -0.2) is 0 Å². The maximum absolute atomic E-state index is 5.67. The van der Waals surface area contributed by atoms with Crippen LogP contribution in [0, 0.1) is 0 Å². The van der Waals surface area contributed by atoms with Crippen LogP contribution in [0.1, 0.15) is 17.2 Å². The van der Waals surface area contributed by atoms with E-state index in [4.69, 9.17) is 9.47 Å². The van der Waals surface area contributed by atoms with Gasteiger partial charge in [0.05, 0.1) is 0 Å². The lowest BCUT2D eigenvalue weighted by Crippen LogP contribution is -2.20. The second-order valence-electron chi connectivity index (χ2n) is 5.04. The lowest BCUT2D eigenvalue weighted by molar-refractivity contribution is 0.171. The Morgan fingerprint density at radius 2 is 1.86 bits per heavy atom. The molecular formula is C17H18BrNO2. The lowest BCUT2D eigenvalue weighted by atomic mass is 9.98. The lowest BCUT2D eigenvalue weighted by Gasteiger charge is -2.22. The van der Waals surface area contributed by atoms with E-state index in [0.717, 1.165) is 22.4 Å². The second-order valence-corrected chi connectivity index (χ2v) is 5.89. The summed E-state index contributed by atoms with van der Waals surface area (Å²) in [5.41, 5.74) is 2.49. The summed E-state index contributed by atoms with van der Waals surface area (Å²) in [6.07, 6.45) is 0.914. The molecule has 0 spiro atoms. The van der Waals surface area contributed by atoms with Crippen molar-refractivity contribution in [2.75, 3.05) is 20.3 Å². The van der Waals surface area contributed by atoms with E-state index < -0.39 is 0 Å². The monoisotopic (exact) mass is 347 g/mol. The van der Waals surface area contributed by atoms with Crippen molar-refractivity contribution in [3.63, 3.8) is 0 Å². The molecule has 1 heterocycles. The van der Waals surface area contributed by atoms with Crippen LogP contribution in [0.25, 0.3) is 0 Å². The zero-order chi connectivity index (χ0) is 14.7. The van der Waals surface area contributed by atoms with Crippen LogP contribution < -0.4 is 14.8 Å². The highest BCUT2D eigenvalue weighted by molar-refractivity contribution is 9.10. The van der Waals surface area contributed by atoms with Gasteiger partial charge in [0.1, 0.15) is 13.2 Å². The van der Waals surface area contributed by atoms with Crippen molar-refractivity contribution in [1.29, 1.82) is 0 Å². The van der Waals surface area contributed by atoms with E-state index in [-0.39, 0.29) is 6.04 Å². The third kappa shape index (κ3) is 3.22. The van der Waals surface area contributed by atoms with Crippen LogP contribution in [0.15, 0.2) is 46.9 Å². The number of halogens is 1. The normalized spacial score (nSPS) is 14.8. The summed E-state index contributed by atoms with van der Waals surface area (Å²) in [5, 5.41) is 3.38. The third-order valence-electron chi connectivity index (χ3n) is 3.70. The van der Waals surface area contributed by atoms with Crippen molar-refractivity contribution in [2.45, 2.75) is 12.5 Å². The summed E-state index contributed by atoms with van der Waals surface area (Å²) >= 11 is 3.61. The number of hydrogen-bond acceptors (Lipinski definition) is 3. The minimum atomic E-state index is 0.236. The summed E-state index contributed by atoms with van der Waals surface area (Å²) in [6, 6.07) is 14.7. The number of nitrogens with one attached hydrogen (secondary N) is 1. The fraction of sp³-hybridized carbons (Fsp3) is 0.294. The zero-order valence-electron chi connectivity index (χ0n) is 11.9. The molecule has 3 nitrogen and oxygen atoms in total. The Morgan fingerprint density at radius 3 is 2.62 bits per heavy atom. The number of benzene rings is 2. The van der Waals surface area contributed by atoms with E-state index in [2.05, 4.69) is 51.6 Å². The van der Waals surface area contributed by atoms with Crippen molar-refractivity contribution in [3.05, 3.63) is 58.1 Å². The Kier molecular flexibility index (Phi) is 4.46. The SMILES string of the molecule is CNC(Cc1ccccc1Br)c1ccc2c(c1)OCCO2.